The average Bonchev–Trinajstić information content (AvgIpc) is 3.16. The van der Waals surface area contributed by atoms with Gasteiger partial charge in [0.25, 0.3) is 0 Å². The van der Waals surface area contributed by atoms with E-state index in [9.17, 15) is 0 Å². The van der Waals surface area contributed by atoms with Crippen molar-refractivity contribution in [1.29, 1.82) is 0 Å². The van der Waals surface area contributed by atoms with Crippen LogP contribution in [0.5, 0.6) is 0 Å². The SMILES string of the molecule is C1=NCCN1c1ccc2nc(-c3ccccn3)[nH]c2c1. The van der Waals surface area contributed by atoms with E-state index in [1.165, 1.54) is 0 Å². The van der Waals surface area contributed by atoms with E-state index >= 15 is 0 Å². The Morgan fingerprint density at radius 1 is 1.15 bits per heavy atom. The van der Waals surface area contributed by atoms with Gasteiger partial charge in [-0.3, -0.25) is 9.98 Å². The van der Waals surface area contributed by atoms with Crippen molar-refractivity contribution in [3.63, 3.8) is 0 Å². The van der Waals surface area contributed by atoms with Gasteiger partial charge in [0.15, 0.2) is 5.82 Å². The standard InChI is InChI=1S/C15H13N5/c1-2-6-17-13(3-1)15-18-12-5-4-11(9-14(12)19-15)20-8-7-16-10-20/h1-6,9-10H,7-8H2,(H,18,19). The van der Waals surface area contributed by atoms with E-state index in [1.54, 1.807) is 6.20 Å². The number of rotatable bonds is 2. The molecular formula is C15H13N5. The number of aliphatic imine (C=N–C) groups is 1. The third-order valence-corrected chi connectivity index (χ3v) is 3.40. The first kappa shape index (κ1) is 11.2. The summed E-state index contributed by atoms with van der Waals surface area (Å²) in [5.74, 6) is 0.799. The molecule has 3 aromatic rings. The van der Waals surface area contributed by atoms with Crippen molar-refractivity contribution < 1.29 is 0 Å². The molecule has 5 nitrogen and oxygen atoms in total. The molecule has 2 aromatic heterocycles. The average molecular weight is 263 g/mol. The Labute approximate surface area is 116 Å². The summed E-state index contributed by atoms with van der Waals surface area (Å²) in [5.41, 5.74) is 3.96. The van der Waals surface area contributed by atoms with Gasteiger partial charge in [0.1, 0.15) is 5.69 Å². The maximum absolute atomic E-state index is 4.58. The predicted molar refractivity (Wildman–Crippen MR) is 80.0 cm³/mol. The molecule has 98 valence electrons. The fourth-order valence-electron chi connectivity index (χ4n) is 2.38. The molecule has 0 bridgehead atoms. The molecule has 20 heavy (non-hydrogen) atoms. The summed E-state index contributed by atoms with van der Waals surface area (Å²) in [6, 6.07) is 12.0. The van der Waals surface area contributed by atoms with Gasteiger partial charge in [0.05, 0.1) is 23.9 Å². The minimum atomic E-state index is 0.799. The summed E-state index contributed by atoms with van der Waals surface area (Å²) < 4.78 is 0. The second-order valence-corrected chi connectivity index (χ2v) is 4.72. The molecule has 0 saturated carbocycles. The molecule has 1 aliphatic rings. The number of anilines is 1. The molecule has 1 N–H and O–H groups in total. The Kier molecular flexibility index (Phi) is 2.48. The molecule has 0 spiro atoms. The highest BCUT2D eigenvalue weighted by molar-refractivity contribution is 5.88. The second-order valence-electron chi connectivity index (χ2n) is 4.72. The van der Waals surface area contributed by atoms with Gasteiger partial charge in [-0.05, 0) is 30.3 Å². The Hall–Kier alpha value is -2.69. The third kappa shape index (κ3) is 1.84. The molecule has 0 radical (unpaired) electrons. The van der Waals surface area contributed by atoms with E-state index in [1.807, 2.05) is 30.6 Å². The molecule has 3 heterocycles. The first-order valence-corrected chi connectivity index (χ1v) is 6.58. The molecule has 0 amide bonds. The molecule has 1 aliphatic heterocycles. The lowest BCUT2D eigenvalue weighted by Crippen LogP contribution is -2.17. The first-order chi connectivity index (χ1) is 9.90. The van der Waals surface area contributed by atoms with Gasteiger partial charge in [-0.15, -0.1) is 0 Å². The van der Waals surface area contributed by atoms with E-state index in [2.05, 4.69) is 37.0 Å². The van der Waals surface area contributed by atoms with E-state index in [0.29, 0.717) is 0 Å². The number of hydrogen-bond donors (Lipinski definition) is 1. The lowest BCUT2D eigenvalue weighted by molar-refractivity contribution is 1.02. The number of benzene rings is 1. The van der Waals surface area contributed by atoms with Gasteiger partial charge in [-0.2, -0.15) is 0 Å². The number of aromatic nitrogens is 3. The summed E-state index contributed by atoms with van der Waals surface area (Å²) in [6.45, 7) is 1.80. The van der Waals surface area contributed by atoms with Crippen molar-refractivity contribution in [2.75, 3.05) is 18.0 Å². The van der Waals surface area contributed by atoms with Gasteiger partial charge >= 0.3 is 0 Å². The fraction of sp³-hybridized carbons (Fsp3) is 0.133. The van der Waals surface area contributed by atoms with Gasteiger partial charge in [-0.1, -0.05) is 6.07 Å². The van der Waals surface area contributed by atoms with Crippen molar-refractivity contribution >= 4 is 23.1 Å². The Morgan fingerprint density at radius 3 is 2.95 bits per heavy atom. The van der Waals surface area contributed by atoms with Gasteiger partial charge < -0.3 is 9.88 Å². The fourth-order valence-corrected chi connectivity index (χ4v) is 2.38. The van der Waals surface area contributed by atoms with E-state index in [4.69, 9.17) is 0 Å². The van der Waals surface area contributed by atoms with E-state index in [0.717, 1.165) is 41.3 Å². The second kappa shape index (κ2) is 4.45. The zero-order chi connectivity index (χ0) is 13.4. The van der Waals surface area contributed by atoms with Crippen molar-refractivity contribution in [2.45, 2.75) is 0 Å². The Balaban J connectivity index is 1.78. The molecule has 0 atom stereocenters. The molecular weight excluding hydrogens is 250 g/mol. The lowest BCUT2D eigenvalue weighted by atomic mass is 10.2. The zero-order valence-corrected chi connectivity index (χ0v) is 10.8. The molecule has 1 aromatic carbocycles. The van der Waals surface area contributed by atoms with Crippen LogP contribution in [0.3, 0.4) is 0 Å². The number of fused-ring (bicyclic) bond motifs is 1. The van der Waals surface area contributed by atoms with Crippen LogP contribution in [0.15, 0.2) is 47.6 Å². The summed E-state index contributed by atoms with van der Waals surface area (Å²) in [6.07, 6.45) is 3.66. The summed E-state index contributed by atoms with van der Waals surface area (Å²) >= 11 is 0. The van der Waals surface area contributed by atoms with Crippen LogP contribution in [0, 0.1) is 0 Å². The highest BCUT2D eigenvalue weighted by Crippen LogP contribution is 2.23. The number of pyridine rings is 1. The highest BCUT2D eigenvalue weighted by Gasteiger charge is 2.11. The number of nitrogens with one attached hydrogen (secondary N) is 1. The van der Waals surface area contributed by atoms with Crippen molar-refractivity contribution in [3.05, 3.63) is 42.6 Å². The maximum atomic E-state index is 4.58. The van der Waals surface area contributed by atoms with Crippen LogP contribution < -0.4 is 4.90 Å². The van der Waals surface area contributed by atoms with E-state index in [-0.39, 0.29) is 0 Å². The largest absolute Gasteiger partial charge is 0.337 e. The number of imidazole rings is 1. The smallest absolute Gasteiger partial charge is 0.157 e. The molecule has 0 unspecified atom stereocenters. The van der Waals surface area contributed by atoms with Crippen LogP contribution in [-0.4, -0.2) is 34.4 Å². The molecule has 4 rings (SSSR count). The topological polar surface area (TPSA) is 57.2 Å². The molecule has 5 heteroatoms. The number of aromatic amines is 1. The highest BCUT2D eigenvalue weighted by atomic mass is 15.2. The van der Waals surface area contributed by atoms with Crippen molar-refractivity contribution in [2.24, 2.45) is 4.99 Å². The van der Waals surface area contributed by atoms with Crippen LogP contribution in [0.4, 0.5) is 5.69 Å². The van der Waals surface area contributed by atoms with Crippen LogP contribution in [0.25, 0.3) is 22.6 Å². The van der Waals surface area contributed by atoms with Crippen LogP contribution >= 0.6 is 0 Å². The normalized spacial score (nSPS) is 14.3. The van der Waals surface area contributed by atoms with Gasteiger partial charge in [0, 0.05) is 18.4 Å². The van der Waals surface area contributed by atoms with Crippen molar-refractivity contribution in [1.82, 2.24) is 15.0 Å². The minimum absolute atomic E-state index is 0.799. The third-order valence-electron chi connectivity index (χ3n) is 3.40. The molecule has 0 saturated heterocycles. The monoisotopic (exact) mass is 263 g/mol. The van der Waals surface area contributed by atoms with E-state index < -0.39 is 0 Å². The minimum Gasteiger partial charge on any atom is -0.337 e. The molecule has 0 fully saturated rings. The number of H-pyrrole nitrogens is 1. The summed E-state index contributed by atoms with van der Waals surface area (Å²) in [5, 5.41) is 0. The predicted octanol–water partition coefficient (Wildman–Crippen LogP) is 2.47. The summed E-state index contributed by atoms with van der Waals surface area (Å²) in [4.78, 5) is 18.6. The molecule has 0 aliphatic carbocycles. The first-order valence-electron chi connectivity index (χ1n) is 6.58. The number of hydrogen-bond acceptors (Lipinski definition) is 4. The summed E-state index contributed by atoms with van der Waals surface area (Å²) in [7, 11) is 0. The van der Waals surface area contributed by atoms with Gasteiger partial charge in [0.2, 0.25) is 0 Å². The zero-order valence-electron chi connectivity index (χ0n) is 10.8. The van der Waals surface area contributed by atoms with Crippen LogP contribution in [-0.2, 0) is 0 Å². The van der Waals surface area contributed by atoms with Crippen LogP contribution in [0.2, 0.25) is 0 Å². The lowest BCUT2D eigenvalue weighted by Gasteiger charge is -2.13. The van der Waals surface area contributed by atoms with Crippen LogP contribution in [0.1, 0.15) is 0 Å². The Bertz CT molecular complexity index is 775. The quantitative estimate of drug-likeness (QED) is 0.772. The number of nitrogens with zero attached hydrogens (tertiary/aromatic N) is 4. The van der Waals surface area contributed by atoms with Crippen molar-refractivity contribution in [3.8, 4) is 11.5 Å². The van der Waals surface area contributed by atoms with Gasteiger partial charge in [-0.25, -0.2) is 4.98 Å². The maximum Gasteiger partial charge on any atom is 0.157 e. The Morgan fingerprint density at radius 2 is 2.15 bits per heavy atom.